The zero-order valence-electron chi connectivity index (χ0n) is 10.0. The van der Waals surface area contributed by atoms with Crippen molar-refractivity contribution in [2.45, 2.75) is 26.9 Å². The number of nitrogens with one attached hydrogen (secondary N) is 1. The maximum atomic E-state index is 9.70. The smallest absolute Gasteiger partial charge is 0.120 e. The summed E-state index contributed by atoms with van der Waals surface area (Å²) in [6.45, 7) is 5.50. The average Bonchev–Trinajstić information content (AvgIpc) is 2.70. The van der Waals surface area contributed by atoms with Crippen molar-refractivity contribution in [1.29, 1.82) is 0 Å². The minimum atomic E-state index is 0.351. The number of phenolic OH excluding ortho intramolecular Hbond substituents is 1. The topological polar surface area (TPSA) is 45.1 Å². The lowest BCUT2D eigenvalue weighted by Gasteiger charge is -2.07. The van der Waals surface area contributed by atoms with Crippen LogP contribution in [0.4, 0.5) is 0 Å². The third-order valence-electron chi connectivity index (χ3n) is 2.68. The van der Waals surface area contributed by atoms with E-state index in [9.17, 15) is 5.11 Å². The van der Waals surface area contributed by atoms with Gasteiger partial charge in [0.05, 0.1) is 11.2 Å². The number of aromatic nitrogens is 1. The van der Waals surface area contributed by atoms with Crippen molar-refractivity contribution in [2.75, 3.05) is 0 Å². The normalized spacial score (nSPS) is 10.7. The summed E-state index contributed by atoms with van der Waals surface area (Å²) in [5.41, 5.74) is 5.04. The Kier molecular flexibility index (Phi) is 3.76. The summed E-state index contributed by atoms with van der Waals surface area (Å²) in [7, 11) is 0. The van der Waals surface area contributed by atoms with E-state index < -0.39 is 0 Å². The maximum absolute atomic E-state index is 9.70. The van der Waals surface area contributed by atoms with Crippen molar-refractivity contribution in [2.24, 2.45) is 0 Å². The molecule has 4 heteroatoms. The molecule has 2 aromatic rings. The molecule has 0 aliphatic rings. The van der Waals surface area contributed by atoms with E-state index in [2.05, 4.69) is 10.3 Å². The second kappa shape index (κ2) is 5.29. The molecule has 2 N–H and O–H groups in total. The molecule has 90 valence electrons. The summed E-state index contributed by atoms with van der Waals surface area (Å²) in [6, 6.07) is 5.65. The maximum Gasteiger partial charge on any atom is 0.120 e. The number of benzene rings is 1. The fraction of sp³-hybridized carbons (Fsp3) is 0.308. The summed E-state index contributed by atoms with van der Waals surface area (Å²) in [5.74, 6) is 0.351. The van der Waals surface area contributed by atoms with Crippen molar-refractivity contribution >= 4 is 11.3 Å². The zero-order chi connectivity index (χ0) is 12.3. The number of aryl methyl sites for hydroxylation is 2. The van der Waals surface area contributed by atoms with Gasteiger partial charge in [-0.1, -0.05) is 17.7 Å². The molecule has 0 saturated heterocycles. The average molecular weight is 248 g/mol. The van der Waals surface area contributed by atoms with E-state index in [0.29, 0.717) is 12.3 Å². The first-order valence-electron chi connectivity index (χ1n) is 5.55. The minimum absolute atomic E-state index is 0.351. The van der Waals surface area contributed by atoms with Crippen LogP contribution in [0.3, 0.4) is 0 Å². The van der Waals surface area contributed by atoms with Gasteiger partial charge >= 0.3 is 0 Å². The van der Waals surface area contributed by atoms with E-state index in [1.165, 1.54) is 4.88 Å². The van der Waals surface area contributed by atoms with Crippen molar-refractivity contribution in [3.05, 3.63) is 45.4 Å². The standard InChI is InChI=1S/C13H16N2OS/c1-9-3-4-12(16)11(5-9)6-14-7-13-10(2)15-8-17-13/h3-5,8,14,16H,6-7H2,1-2H3. The molecule has 0 amide bonds. The van der Waals surface area contributed by atoms with Gasteiger partial charge in [-0.05, 0) is 19.9 Å². The van der Waals surface area contributed by atoms with Gasteiger partial charge in [0, 0.05) is 23.5 Å². The molecule has 17 heavy (non-hydrogen) atoms. The number of hydrogen-bond acceptors (Lipinski definition) is 4. The molecule has 2 rings (SSSR count). The monoisotopic (exact) mass is 248 g/mol. The first-order chi connectivity index (χ1) is 8.16. The first-order valence-corrected chi connectivity index (χ1v) is 6.43. The predicted octanol–water partition coefficient (Wildman–Crippen LogP) is 2.76. The molecule has 1 aromatic carbocycles. The number of hydrogen-bond donors (Lipinski definition) is 2. The molecule has 1 aromatic heterocycles. The number of rotatable bonds is 4. The van der Waals surface area contributed by atoms with Gasteiger partial charge < -0.3 is 10.4 Å². The summed E-state index contributed by atoms with van der Waals surface area (Å²) >= 11 is 1.66. The Bertz CT molecular complexity index is 508. The molecule has 3 nitrogen and oxygen atoms in total. The minimum Gasteiger partial charge on any atom is -0.508 e. The lowest BCUT2D eigenvalue weighted by Crippen LogP contribution is -2.12. The quantitative estimate of drug-likeness (QED) is 0.874. The van der Waals surface area contributed by atoms with E-state index in [1.807, 2.05) is 31.5 Å². The van der Waals surface area contributed by atoms with Gasteiger partial charge in [0.2, 0.25) is 0 Å². The molecular formula is C13H16N2OS. The molecule has 1 heterocycles. The lowest BCUT2D eigenvalue weighted by molar-refractivity contribution is 0.464. The first kappa shape index (κ1) is 12.1. The fourth-order valence-corrected chi connectivity index (χ4v) is 2.41. The van der Waals surface area contributed by atoms with Crippen LogP contribution in [0.15, 0.2) is 23.7 Å². The summed E-state index contributed by atoms with van der Waals surface area (Å²) in [5, 5.41) is 13.0. The number of nitrogens with zero attached hydrogens (tertiary/aromatic N) is 1. The Morgan fingerprint density at radius 2 is 2.12 bits per heavy atom. The van der Waals surface area contributed by atoms with Crippen molar-refractivity contribution in [1.82, 2.24) is 10.3 Å². The molecule has 0 saturated carbocycles. The van der Waals surface area contributed by atoms with Gasteiger partial charge in [0.25, 0.3) is 0 Å². The number of thiazole rings is 1. The van der Waals surface area contributed by atoms with Crippen LogP contribution in [0.2, 0.25) is 0 Å². The van der Waals surface area contributed by atoms with Crippen LogP contribution in [-0.2, 0) is 13.1 Å². The second-order valence-corrected chi connectivity index (χ2v) is 5.04. The van der Waals surface area contributed by atoms with Gasteiger partial charge in [-0.25, -0.2) is 4.98 Å². The predicted molar refractivity (Wildman–Crippen MR) is 70.2 cm³/mol. The highest BCUT2D eigenvalue weighted by atomic mass is 32.1. The molecule has 0 fully saturated rings. The molecular weight excluding hydrogens is 232 g/mol. The highest BCUT2D eigenvalue weighted by molar-refractivity contribution is 7.09. The van der Waals surface area contributed by atoms with Crippen LogP contribution < -0.4 is 5.32 Å². The van der Waals surface area contributed by atoms with Gasteiger partial charge in [0.1, 0.15) is 5.75 Å². The Morgan fingerprint density at radius 3 is 2.82 bits per heavy atom. The van der Waals surface area contributed by atoms with E-state index in [-0.39, 0.29) is 0 Å². The summed E-state index contributed by atoms with van der Waals surface area (Å²) in [4.78, 5) is 5.45. The van der Waals surface area contributed by atoms with Gasteiger partial charge in [-0.3, -0.25) is 0 Å². The third kappa shape index (κ3) is 3.05. The molecule has 0 spiro atoms. The summed E-state index contributed by atoms with van der Waals surface area (Å²) < 4.78 is 0. The van der Waals surface area contributed by atoms with E-state index in [0.717, 1.165) is 23.4 Å². The van der Waals surface area contributed by atoms with E-state index >= 15 is 0 Å². The van der Waals surface area contributed by atoms with Crippen LogP contribution in [-0.4, -0.2) is 10.1 Å². The Balaban J connectivity index is 1.94. The lowest BCUT2D eigenvalue weighted by atomic mass is 10.1. The summed E-state index contributed by atoms with van der Waals surface area (Å²) in [6.07, 6.45) is 0. The Morgan fingerprint density at radius 1 is 1.29 bits per heavy atom. The molecule has 0 bridgehead atoms. The van der Waals surface area contributed by atoms with Crippen LogP contribution in [0.25, 0.3) is 0 Å². The molecule has 0 aliphatic heterocycles. The molecule has 0 unspecified atom stereocenters. The zero-order valence-corrected chi connectivity index (χ0v) is 10.8. The molecule has 0 aliphatic carbocycles. The van der Waals surface area contributed by atoms with Crippen molar-refractivity contribution < 1.29 is 5.11 Å². The largest absolute Gasteiger partial charge is 0.508 e. The highest BCUT2D eigenvalue weighted by Crippen LogP contribution is 2.18. The van der Waals surface area contributed by atoms with Crippen LogP contribution in [0.5, 0.6) is 5.75 Å². The third-order valence-corrected chi connectivity index (χ3v) is 3.62. The van der Waals surface area contributed by atoms with Crippen LogP contribution in [0.1, 0.15) is 21.7 Å². The highest BCUT2D eigenvalue weighted by Gasteiger charge is 2.03. The Hall–Kier alpha value is -1.39. The molecule has 0 atom stereocenters. The van der Waals surface area contributed by atoms with E-state index in [4.69, 9.17) is 0 Å². The number of aromatic hydroxyl groups is 1. The SMILES string of the molecule is Cc1ccc(O)c(CNCc2scnc2C)c1. The van der Waals surface area contributed by atoms with Crippen LogP contribution in [0, 0.1) is 13.8 Å². The van der Waals surface area contributed by atoms with Crippen molar-refractivity contribution in [3.63, 3.8) is 0 Å². The van der Waals surface area contributed by atoms with Gasteiger partial charge in [-0.15, -0.1) is 11.3 Å². The number of phenols is 1. The van der Waals surface area contributed by atoms with E-state index in [1.54, 1.807) is 17.4 Å². The fourth-order valence-electron chi connectivity index (χ4n) is 1.66. The van der Waals surface area contributed by atoms with Crippen molar-refractivity contribution in [3.8, 4) is 5.75 Å². The Labute approximate surface area is 105 Å². The van der Waals surface area contributed by atoms with Gasteiger partial charge in [0.15, 0.2) is 0 Å². The second-order valence-electron chi connectivity index (χ2n) is 4.10. The van der Waals surface area contributed by atoms with Crippen LogP contribution >= 0.6 is 11.3 Å². The van der Waals surface area contributed by atoms with Gasteiger partial charge in [-0.2, -0.15) is 0 Å². The molecule has 0 radical (unpaired) electrons.